The molecule has 6 heteroatoms. The average Bonchev–Trinajstić information content (AvgIpc) is 2.78. The minimum Gasteiger partial charge on any atom is -0.496 e. The van der Waals surface area contributed by atoms with Gasteiger partial charge < -0.3 is 10.5 Å². The Hall–Kier alpha value is -1.95. The molecule has 88 valence electrons. The number of amides is 1. The molecule has 1 aromatic carbocycles. The Morgan fingerprint density at radius 2 is 2.29 bits per heavy atom. The molecule has 2 aromatic rings. The van der Waals surface area contributed by atoms with E-state index in [1.54, 1.807) is 5.38 Å². The molecular weight excluding hydrogens is 243 g/mol. The standard InChI is InChI=1S/C11H9FN2O2S/c1-16-9-3-2-6(12)4-7(9)8-5-17-11(14-8)10(13)15/h2-5H,1H3,(H2,13,15). The molecule has 0 atom stereocenters. The normalized spacial score (nSPS) is 10.2. The first-order valence-corrected chi connectivity index (χ1v) is 5.59. The molecule has 2 N–H and O–H groups in total. The number of halogens is 1. The van der Waals surface area contributed by atoms with E-state index < -0.39 is 11.7 Å². The van der Waals surface area contributed by atoms with E-state index in [0.29, 0.717) is 17.0 Å². The van der Waals surface area contributed by atoms with Gasteiger partial charge in [-0.3, -0.25) is 4.79 Å². The second-order valence-corrected chi connectivity index (χ2v) is 4.10. The van der Waals surface area contributed by atoms with E-state index in [0.717, 1.165) is 11.3 Å². The van der Waals surface area contributed by atoms with Crippen LogP contribution in [0.4, 0.5) is 4.39 Å². The first-order valence-electron chi connectivity index (χ1n) is 4.71. The summed E-state index contributed by atoms with van der Waals surface area (Å²) in [6.07, 6.45) is 0. The summed E-state index contributed by atoms with van der Waals surface area (Å²) in [7, 11) is 1.48. The van der Waals surface area contributed by atoms with Crippen molar-refractivity contribution in [3.8, 4) is 17.0 Å². The summed E-state index contributed by atoms with van der Waals surface area (Å²) < 4.78 is 18.3. The third-order valence-electron chi connectivity index (χ3n) is 2.15. The van der Waals surface area contributed by atoms with E-state index in [4.69, 9.17) is 10.5 Å². The Morgan fingerprint density at radius 1 is 1.53 bits per heavy atom. The Bertz CT molecular complexity index is 568. The summed E-state index contributed by atoms with van der Waals surface area (Å²) in [5, 5.41) is 1.82. The van der Waals surface area contributed by atoms with E-state index in [1.165, 1.54) is 25.3 Å². The average molecular weight is 252 g/mol. The van der Waals surface area contributed by atoms with E-state index >= 15 is 0 Å². The fourth-order valence-electron chi connectivity index (χ4n) is 1.39. The highest BCUT2D eigenvalue weighted by molar-refractivity contribution is 7.12. The molecule has 0 unspecified atom stereocenters. The monoisotopic (exact) mass is 252 g/mol. The van der Waals surface area contributed by atoms with Gasteiger partial charge in [-0.15, -0.1) is 11.3 Å². The molecular formula is C11H9FN2O2S. The molecule has 1 aromatic heterocycles. The number of rotatable bonds is 3. The predicted molar refractivity (Wildman–Crippen MR) is 62.6 cm³/mol. The smallest absolute Gasteiger partial charge is 0.277 e. The third-order valence-corrected chi connectivity index (χ3v) is 3.01. The lowest BCUT2D eigenvalue weighted by atomic mass is 10.1. The predicted octanol–water partition coefficient (Wildman–Crippen LogP) is 2.06. The molecule has 0 aliphatic heterocycles. The highest BCUT2D eigenvalue weighted by Gasteiger charge is 2.13. The van der Waals surface area contributed by atoms with Crippen molar-refractivity contribution in [1.82, 2.24) is 4.98 Å². The van der Waals surface area contributed by atoms with Crippen LogP contribution in [-0.4, -0.2) is 18.0 Å². The van der Waals surface area contributed by atoms with Crippen molar-refractivity contribution < 1.29 is 13.9 Å². The van der Waals surface area contributed by atoms with Crippen molar-refractivity contribution >= 4 is 17.2 Å². The number of thiazole rings is 1. The molecule has 0 fully saturated rings. The summed E-state index contributed by atoms with van der Waals surface area (Å²) in [6, 6.07) is 4.11. The van der Waals surface area contributed by atoms with Gasteiger partial charge in [0, 0.05) is 10.9 Å². The van der Waals surface area contributed by atoms with Gasteiger partial charge in [-0.05, 0) is 18.2 Å². The fraction of sp³-hybridized carbons (Fsp3) is 0.0909. The van der Waals surface area contributed by atoms with Crippen molar-refractivity contribution in [2.24, 2.45) is 5.73 Å². The van der Waals surface area contributed by atoms with Crippen LogP contribution >= 0.6 is 11.3 Å². The largest absolute Gasteiger partial charge is 0.496 e. The lowest BCUT2D eigenvalue weighted by Crippen LogP contribution is -2.10. The molecule has 17 heavy (non-hydrogen) atoms. The Balaban J connectivity index is 2.51. The minimum atomic E-state index is -0.600. The quantitative estimate of drug-likeness (QED) is 0.909. The third kappa shape index (κ3) is 2.26. The molecule has 0 aliphatic rings. The van der Waals surface area contributed by atoms with Crippen LogP contribution in [0.3, 0.4) is 0 Å². The van der Waals surface area contributed by atoms with Crippen LogP contribution in [0.25, 0.3) is 11.3 Å². The first-order chi connectivity index (χ1) is 8.11. The fourth-order valence-corrected chi connectivity index (χ4v) is 2.06. The zero-order valence-corrected chi connectivity index (χ0v) is 9.75. The molecule has 0 aliphatic carbocycles. The Labute approximate surface area is 101 Å². The number of benzene rings is 1. The molecule has 0 spiro atoms. The number of aromatic nitrogens is 1. The van der Waals surface area contributed by atoms with Gasteiger partial charge >= 0.3 is 0 Å². The van der Waals surface area contributed by atoms with E-state index in [1.807, 2.05) is 0 Å². The van der Waals surface area contributed by atoms with Gasteiger partial charge in [-0.25, -0.2) is 9.37 Å². The number of carbonyl (C=O) groups excluding carboxylic acids is 1. The van der Waals surface area contributed by atoms with Gasteiger partial charge in [0.15, 0.2) is 5.01 Å². The number of primary amides is 1. The van der Waals surface area contributed by atoms with Crippen LogP contribution < -0.4 is 10.5 Å². The van der Waals surface area contributed by atoms with Crippen molar-refractivity contribution in [2.75, 3.05) is 7.11 Å². The Morgan fingerprint density at radius 3 is 2.88 bits per heavy atom. The van der Waals surface area contributed by atoms with Crippen LogP contribution in [0.1, 0.15) is 9.80 Å². The molecule has 0 radical (unpaired) electrons. The molecule has 1 heterocycles. The molecule has 0 saturated heterocycles. The topological polar surface area (TPSA) is 65.2 Å². The van der Waals surface area contributed by atoms with Crippen molar-refractivity contribution in [3.05, 3.63) is 34.4 Å². The second kappa shape index (κ2) is 4.50. The maximum atomic E-state index is 13.2. The number of hydrogen-bond donors (Lipinski definition) is 1. The maximum absolute atomic E-state index is 13.2. The number of methoxy groups -OCH3 is 1. The number of carbonyl (C=O) groups is 1. The zero-order chi connectivity index (χ0) is 12.4. The van der Waals surface area contributed by atoms with Crippen molar-refractivity contribution in [2.45, 2.75) is 0 Å². The SMILES string of the molecule is COc1ccc(F)cc1-c1csc(C(N)=O)n1. The summed E-state index contributed by atoms with van der Waals surface area (Å²) in [5.74, 6) is -0.501. The summed E-state index contributed by atoms with van der Waals surface area (Å²) in [4.78, 5) is 15.0. The molecule has 1 amide bonds. The summed E-state index contributed by atoms with van der Waals surface area (Å²) >= 11 is 1.11. The van der Waals surface area contributed by atoms with Gasteiger partial charge in [0.2, 0.25) is 0 Å². The van der Waals surface area contributed by atoms with E-state index in [2.05, 4.69) is 4.98 Å². The Kier molecular flexibility index (Phi) is 3.06. The van der Waals surface area contributed by atoms with Gasteiger partial charge in [0.25, 0.3) is 5.91 Å². The molecule has 4 nitrogen and oxygen atoms in total. The summed E-state index contributed by atoms with van der Waals surface area (Å²) in [5.41, 5.74) is 6.08. The zero-order valence-electron chi connectivity index (χ0n) is 8.94. The van der Waals surface area contributed by atoms with Crippen LogP contribution in [0.2, 0.25) is 0 Å². The van der Waals surface area contributed by atoms with E-state index in [9.17, 15) is 9.18 Å². The van der Waals surface area contributed by atoms with Crippen molar-refractivity contribution in [1.29, 1.82) is 0 Å². The maximum Gasteiger partial charge on any atom is 0.277 e. The molecule has 2 rings (SSSR count). The number of ether oxygens (including phenoxy) is 1. The van der Waals surface area contributed by atoms with Gasteiger partial charge in [0.05, 0.1) is 12.8 Å². The van der Waals surface area contributed by atoms with Crippen LogP contribution in [-0.2, 0) is 0 Å². The van der Waals surface area contributed by atoms with Crippen LogP contribution in [0, 0.1) is 5.82 Å². The number of nitrogens with zero attached hydrogens (tertiary/aromatic N) is 1. The highest BCUT2D eigenvalue weighted by Crippen LogP contribution is 2.31. The lowest BCUT2D eigenvalue weighted by Gasteiger charge is -2.05. The second-order valence-electron chi connectivity index (χ2n) is 3.25. The van der Waals surface area contributed by atoms with Gasteiger partial charge in [-0.1, -0.05) is 0 Å². The minimum absolute atomic E-state index is 0.186. The molecule has 0 saturated carbocycles. The highest BCUT2D eigenvalue weighted by atomic mass is 32.1. The molecule has 0 bridgehead atoms. The van der Waals surface area contributed by atoms with Crippen LogP contribution in [0.15, 0.2) is 23.6 Å². The van der Waals surface area contributed by atoms with Gasteiger partial charge in [-0.2, -0.15) is 0 Å². The summed E-state index contributed by atoms with van der Waals surface area (Å²) in [6.45, 7) is 0. The van der Waals surface area contributed by atoms with Gasteiger partial charge in [0.1, 0.15) is 11.6 Å². The first kappa shape index (κ1) is 11.5. The van der Waals surface area contributed by atoms with E-state index in [-0.39, 0.29) is 5.01 Å². The van der Waals surface area contributed by atoms with Crippen molar-refractivity contribution in [3.63, 3.8) is 0 Å². The lowest BCUT2D eigenvalue weighted by molar-refractivity contribution is 0.1000. The van der Waals surface area contributed by atoms with Crippen LogP contribution in [0.5, 0.6) is 5.75 Å². The number of hydrogen-bond acceptors (Lipinski definition) is 4. The number of nitrogens with two attached hydrogens (primary N) is 1.